The van der Waals surface area contributed by atoms with Crippen LogP contribution in [0, 0.1) is 5.92 Å². The lowest BCUT2D eigenvalue weighted by molar-refractivity contribution is -0.127. The molecule has 0 saturated carbocycles. The molecule has 4 nitrogen and oxygen atoms in total. The summed E-state index contributed by atoms with van der Waals surface area (Å²) in [6, 6.07) is 17.7. The number of amides is 1. The van der Waals surface area contributed by atoms with Crippen LogP contribution < -0.4 is 5.32 Å². The zero-order chi connectivity index (χ0) is 19.4. The molecule has 142 valence electrons. The van der Waals surface area contributed by atoms with E-state index < -0.39 is 6.04 Å². The summed E-state index contributed by atoms with van der Waals surface area (Å²) in [5, 5.41) is 2.93. The molecule has 1 saturated heterocycles. The molecule has 1 aliphatic rings. The van der Waals surface area contributed by atoms with Gasteiger partial charge in [-0.1, -0.05) is 68.4 Å². The van der Waals surface area contributed by atoms with E-state index in [2.05, 4.69) is 43.4 Å². The number of benzene rings is 2. The van der Waals surface area contributed by atoms with E-state index in [-0.39, 0.29) is 30.3 Å². The van der Waals surface area contributed by atoms with Crippen molar-refractivity contribution >= 4 is 11.7 Å². The molecule has 1 N–H and O–H groups in total. The van der Waals surface area contributed by atoms with Gasteiger partial charge in [-0.25, -0.2) is 0 Å². The number of hydrogen-bond acceptors (Lipinski definition) is 3. The maximum atomic E-state index is 13.1. The first kappa shape index (κ1) is 19.3. The van der Waals surface area contributed by atoms with Crippen LogP contribution in [0.2, 0.25) is 0 Å². The lowest BCUT2D eigenvalue weighted by Gasteiger charge is -2.23. The monoisotopic (exact) mass is 365 g/mol. The van der Waals surface area contributed by atoms with Gasteiger partial charge in [-0.15, -0.1) is 0 Å². The van der Waals surface area contributed by atoms with Crippen molar-refractivity contribution in [2.45, 2.75) is 45.3 Å². The molecule has 1 fully saturated rings. The van der Waals surface area contributed by atoms with Crippen LogP contribution >= 0.6 is 0 Å². The van der Waals surface area contributed by atoms with E-state index in [1.807, 2.05) is 37.3 Å². The second-order valence-electron chi connectivity index (χ2n) is 7.64. The minimum absolute atomic E-state index is 0.0582. The molecule has 27 heavy (non-hydrogen) atoms. The maximum Gasteiger partial charge on any atom is 0.228 e. The Bertz CT molecular complexity index is 800. The minimum Gasteiger partial charge on any atom is -0.368 e. The molecular formula is C23H27NO3. The highest BCUT2D eigenvalue weighted by Crippen LogP contribution is 2.29. The topological polar surface area (TPSA) is 55.4 Å². The van der Waals surface area contributed by atoms with Crippen LogP contribution in [-0.2, 0) is 14.3 Å². The highest BCUT2D eigenvalue weighted by Gasteiger charge is 2.35. The number of nitrogens with one attached hydrogen (secondary N) is 1. The molecule has 1 unspecified atom stereocenters. The smallest absolute Gasteiger partial charge is 0.228 e. The van der Waals surface area contributed by atoms with E-state index >= 15 is 0 Å². The van der Waals surface area contributed by atoms with Gasteiger partial charge in [0.1, 0.15) is 12.6 Å². The van der Waals surface area contributed by atoms with E-state index in [9.17, 15) is 9.59 Å². The number of rotatable bonds is 6. The lowest BCUT2D eigenvalue weighted by Crippen LogP contribution is -2.45. The summed E-state index contributed by atoms with van der Waals surface area (Å²) in [6.07, 6.45) is 0.442. The standard InChI is InChI=1S/C23H27NO3/c1-15(2)12-20(23(26)24-22-16(3)27-14-21(22)25)19-11-7-10-18(13-19)17-8-5-4-6-9-17/h4-11,13,15-16,20,22H,12,14H2,1-3H3,(H,24,26)/t16?,20-,22+/m1/s1. The zero-order valence-electron chi connectivity index (χ0n) is 16.1. The van der Waals surface area contributed by atoms with Crippen molar-refractivity contribution in [1.82, 2.24) is 5.32 Å². The summed E-state index contributed by atoms with van der Waals surface area (Å²) < 4.78 is 5.36. The van der Waals surface area contributed by atoms with E-state index in [1.165, 1.54) is 0 Å². The van der Waals surface area contributed by atoms with Crippen molar-refractivity contribution in [2.24, 2.45) is 5.92 Å². The Morgan fingerprint density at radius 3 is 2.44 bits per heavy atom. The molecule has 3 rings (SSSR count). The first-order chi connectivity index (χ1) is 13.0. The molecule has 2 aromatic carbocycles. The van der Waals surface area contributed by atoms with Crippen LogP contribution in [-0.4, -0.2) is 30.4 Å². The molecule has 0 radical (unpaired) electrons. The predicted octanol–water partition coefficient (Wildman–Crippen LogP) is 3.96. The second-order valence-corrected chi connectivity index (χ2v) is 7.64. The Morgan fingerprint density at radius 2 is 1.81 bits per heavy atom. The first-order valence-electron chi connectivity index (χ1n) is 9.55. The van der Waals surface area contributed by atoms with Gasteiger partial charge in [0.05, 0.1) is 12.0 Å². The van der Waals surface area contributed by atoms with Gasteiger partial charge in [-0.05, 0) is 36.0 Å². The summed E-state index contributed by atoms with van der Waals surface area (Å²) in [7, 11) is 0. The van der Waals surface area contributed by atoms with Crippen molar-refractivity contribution in [1.29, 1.82) is 0 Å². The van der Waals surface area contributed by atoms with Gasteiger partial charge in [-0.3, -0.25) is 9.59 Å². The molecule has 0 aromatic heterocycles. The van der Waals surface area contributed by atoms with Crippen molar-refractivity contribution < 1.29 is 14.3 Å². The van der Waals surface area contributed by atoms with Gasteiger partial charge in [0, 0.05) is 0 Å². The molecule has 0 spiro atoms. The van der Waals surface area contributed by atoms with E-state index in [4.69, 9.17) is 4.74 Å². The molecule has 4 heteroatoms. The van der Waals surface area contributed by atoms with Gasteiger partial charge in [0.15, 0.2) is 5.78 Å². The Kier molecular flexibility index (Phi) is 6.07. The molecule has 0 bridgehead atoms. The number of ketones is 1. The van der Waals surface area contributed by atoms with Gasteiger partial charge in [0.25, 0.3) is 0 Å². The summed E-state index contributed by atoms with van der Waals surface area (Å²) >= 11 is 0. The third-order valence-electron chi connectivity index (χ3n) is 5.02. The highest BCUT2D eigenvalue weighted by molar-refractivity contribution is 5.93. The van der Waals surface area contributed by atoms with Crippen LogP contribution in [0.15, 0.2) is 54.6 Å². The number of carbonyl (C=O) groups excluding carboxylic acids is 2. The quantitative estimate of drug-likeness (QED) is 0.843. The van der Waals surface area contributed by atoms with Crippen molar-refractivity contribution in [3.63, 3.8) is 0 Å². The van der Waals surface area contributed by atoms with Gasteiger partial charge in [-0.2, -0.15) is 0 Å². The second kappa shape index (κ2) is 8.49. The third-order valence-corrected chi connectivity index (χ3v) is 5.02. The molecule has 1 aliphatic heterocycles. The number of carbonyl (C=O) groups is 2. The van der Waals surface area contributed by atoms with E-state index in [0.29, 0.717) is 5.92 Å². The zero-order valence-corrected chi connectivity index (χ0v) is 16.1. The number of hydrogen-bond donors (Lipinski definition) is 1. The van der Waals surface area contributed by atoms with Crippen LogP contribution in [0.3, 0.4) is 0 Å². The molecule has 1 amide bonds. The third kappa shape index (κ3) is 4.64. The van der Waals surface area contributed by atoms with Crippen molar-refractivity contribution in [2.75, 3.05) is 6.61 Å². The number of Topliss-reactive ketones (excluding diaryl/α,β-unsaturated/α-hetero) is 1. The van der Waals surface area contributed by atoms with Gasteiger partial charge in [0.2, 0.25) is 5.91 Å². The molecular weight excluding hydrogens is 338 g/mol. The summed E-state index contributed by atoms with van der Waals surface area (Å²) in [5.41, 5.74) is 3.18. The number of ether oxygens (including phenoxy) is 1. The maximum absolute atomic E-state index is 13.1. The fraction of sp³-hybridized carbons (Fsp3) is 0.391. The lowest BCUT2D eigenvalue weighted by atomic mass is 9.87. The van der Waals surface area contributed by atoms with E-state index in [0.717, 1.165) is 23.1 Å². The van der Waals surface area contributed by atoms with Crippen LogP contribution in [0.5, 0.6) is 0 Å². The normalized spacial score (nSPS) is 20.7. The van der Waals surface area contributed by atoms with Crippen LogP contribution in [0.4, 0.5) is 0 Å². The largest absolute Gasteiger partial charge is 0.368 e. The summed E-state index contributed by atoms with van der Waals surface area (Å²) in [5.74, 6) is -0.106. The predicted molar refractivity (Wildman–Crippen MR) is 106 cm³/mol. The minimum atomic E-state index is -0.551. The van der Waals surface area contributed by atoms with Gasteiger partial charge < -0.3 is 10.1 Å². The molecule has 1 heterocycles. The Labute approximate surface area is 160 Å². The summed E-state index contributed by atoms with van der Waals surface area (Å²) in [6.45, 7) is 6.11. The van der Waals surface area contributed by atoms with Gasteiger partial charge >= 0.3 is 0 Å². The summed E-state index contributed by atoms with van der Waals surface area (Å²) in [4.78, 5) is 25.1. The average Bonchev–Trinajstić information content (AvgIpc) is 2.98. The first-order valence-corrected chi connectivity index (χ1v) is 9.55. The Balaban J connectivity index is 1.86. The average molecular weight is 365 g/mol. The molecule has 0 aliphatic carbocycles. The Hall–Kier alpha value is -2.46. The van der Waals surface area contributed by atoms with Crippen LogP contribution in [0.25, 0.3) is 11.1 Å². The van der Waals surface area contributed by atoms with Crippen LogP contribution in [0.1, 0.15) is 38.7 Å². The molecule has 3 atom stereocenters. The Morgan fingerprint density at radius 1 is 1.11 bits per heavy atom. The fourth-order valence-electron chi connectivity index (χ4n) is 3.54. The highest BCUT2D eigenvalue weighted by atomic mass is 16.5. The van der Waals surface area contributed by atoms with Crippen molar-refractivity contribution in [3.8, 4) is 11.1 Å². The van der Waals surface area contributed by atoms with E-state index in [1.54, 1.807) is 0 Å². The fourth-order valence-corrected chi connectivity index (χ4v) is 3.54. The van der Waals surface area contributed by atoms with Crippen molar-refractivity contribution in [3.05, 3.63) is 60.2 Å². The molecule has 2 aromatic rings. The SMILES string of the molecule is CC(C)C[C@@H](C(=O)N[C@@H]1C(=O)COC1C)c1cccc(-c2ccccc2)c1.